The molecule has 0 spiro atoms. The summed E-state index contributed by atoms with van der Waals surface area (Å²) in [6.07, 6.45) is 1.84. The Morgan fingerprint density at radius 3 is 2.75 bits per heavy atom. The molecule has 1 aliphatic heterocycles. The number of nitrogens with zero attached hydrogens (tertiary/aromatic N) is 4. The maximum absolute atomic E-state index is 4.44. The highest BCUT2D eigenvalue weighted by molar-refractivity contribution is 7.09. The smallest absolute Gasteiger partial charge is 0.194 e. The van der Waals surface area contributed by atoms with Gasteiger partial charge in [-0.15, -0.1) is 11.3 Å². The van der Waals surface area contributed by atoms with Gasteiger partial charge in [0.2, 0.25) is 0 Å². The highest BCUT2D eigenvalue weighted by atomic mass is 32.1. The molecule has 0 saturated carbocycles. The van der Waals surface area contributed by atoms with Crippen molar-refractivity contribution in [1.29, 1.82) is 0 Å². The maximum Gasteiger partial charge on any atom is 0.194 e. The van der Waals surface area contributed by atoms with Gasteiger partial charge in [-0.05, 0) is 30.0 Å². The van der Waals surface area contributed by atoms with Crippen LogP contribution in [0.15, 0.2) is 40.8 Å². The second-order valence-electron chi connectivity index (χ2n) is 6.01. The second-order valence-corrected chi connectivity index (χ2v) is 7.04. The van der Waals surface area contributed by atoms with Crippen molar-refractivity contribution in [3.63, 3.8) is 0 Å². The Balaban J connectivity index is 1.49. The van der Waals surface area contributed by atoms with Gasteiger partial charge in [-0.25, -0.2) is 0 Å². The van der Waals surface area contributed by atoms with Crippen molar-refractivity contribution in [2.75, 3.05) is 33.2 Å². The number of aryl methyl sites for hydroxylation is 1. The maximum atomic E-state index is 4.44. The van der Waals surface area contributed by atoms with E-state index in [1.807, 2.05) is 30.6 Å². The standard InChI is InChI=1S/C18H25N5S/c1-15-5-3-7-20-17(15)13-21-18(19-2)23-10-8-22(9-11-23)14-16-6-4-12-24-16/h3-7,12H,8-11,13-14H2,1-2H3,(H,19,21). The summed E-state index contributed by atoms with van der Waals surface area (Å²) in [5.74, 6) is 0.968. The number of rotatable bonds is 4. The fourth-order valence-electron chi connectivity index (χ4n) is 2.94. The summed E-state index contributed by atoms with van der Waals surface area (Å²) in [6.45, 7) is 8.02. The van der Waals surface area contributed by atoms with E-state index in [-0.39, 0.29) is 0 Å². The van der Waals surface area contributed by atoms with Crippen LogP contribution in [0, 0.1) is 6.92 Å². The Kier molecular flexibility index (Phi) is 5.82. The Morgan fingerprint density at radius 1 is 1.25 bits per heavy atom. The lowest BCUT2D eigenvalue weighted by Gasteiger charge is -2.36. The van der Waals surface area contributed by atoms with Crippen LogP contribution in [0.2, 0.25) is 0 Å². The zero-order valence-electron chi connectivity index (χ0n) is 14.4. The van der Waals surface area contributed by atoms with Crippen LogP contribution >= 0.6 is 11.3 Å². The van der Waals surface area contributed by atoms with Gasteiger partial charge in [0.05, 0.1) is 12.2 Å². The lowest BCUT2D eigenvalue weighted by molar-refractivity contribution is 0.173. The Morgan fingerprint density at radius 2 is 2.08 bits per heavy atom. The molecule has 1 N–H and O–H groups in total. The summed E-state index contributed by atoms with van der Waals surface area (Å²) in [7, 11) is 1.85. The van der Waals surface area contributed by atoms with Crippen molar-refractivity contribution in [3.05, 3.63) is 52.0 Å². The number of aliphatic imine (C=N–C) groups is 1. The van der Waals surface area contributed by atoms with E-state index in [0.717, 1.165) is 50.9 Å². The van der Waals surface area contributed by atoms with E-state index < -0.39 is 0 Å². The summed E-state index contributed by atoms with van der Waals surface area (Å²) >= 11 is 1.84. The van der Waals surface area contributed by atoms with E-state index in [0.29, 0.717) is 0 Å². The number of piperazine rings is 1. The van der Waals surface area contributed by atoms with Crippen molar-refractivity contribution in [2.24, 2.45) is 4.99 Å². The van der Waals surface area contributed by atoms with E-state index in [2.05, 4.69) is 55.6 Å². The van der Waals surface area contributed by atoms with Gasteiger partial charge in [0.25, 0.3) is 0 Å². The average Bonchev–Trinajstić information content (AvgIpc) is 3.11. The lowest BCUT2D eigenvalue weighted by Crippen LogP contribution is -2.52. The summed E-state index contributed by atoms with van der Waals surface area (Å²) in [5.41, 5.74) is 2.29. The van der Waals surface area contributed by atoms with Gasteiger partial charge in [-0.3, -0.25) is 14.9 Å². The van der Waals surface area contributed by atoms with Crippen molar-refractivity contribution < 1.29 is 0 Å². The highest BCUT2D eigenvalue weighted by Gasteiger charge is 2.19. The molecule has 6 heteroatoms. The van der Waals surface area contributed by atoms with Gasteiger partial charge in [-0.2, -0.15) is 0 Å². The van der Waals surface area contributed by atoms with Gasteiger partial charge in [0.15, 0.2) is 5.96 Å². The van der Waals surface area contributed by atoms with Crippen LogP contribution in [0.4, 0.5) is 0 Å². The molecule has 24 heavy (non-hydrogen) atoms. The predicted molar refractivity (Wildman–Crippen MR) is 100 cm³/mol. The molecule has 2 aromatic heterocycles. The van der Waals surface area contributed by atoms with Crippen molar-refractivity contribution in [3.8, 4) is 0 Å². The van der Waals surface area contributed by atoms with Gasteiger partial charge < -0.3 is 10.2 Å². The van der Waals surface area contributed by atoms with Gasteiger partial charge in [0.1, 0.15) is 0 Å². The molecule has 3 rings (SSSR count). The lowest BCUT2D eigenvalue weighted by atomic mass is 10.2. The van der Waals surface area contributed by atoms with Crippen LogP contribution in [0.3, 0.4) is 0 Å². The van der Waals surface area contributed by atoms with Crippen LogP contribution in [-0.2, 0) is 13.1 Å². The Labute approximate surface area is 148 Å². The number of aromatic nitrogens is 1. The minimum atomic E-state index is 0.717. The first-order valence-corrected chi connectivity index (χ1v) is 9.25. The summed E-state index contributed by atoms with van der Waals surface area (Å²) in [6, 6.07) is 8.41. The molecule has 128 valence electrons. The largest absolute Gasteiger partial charge is 0.351 e. The molecule has 0 radical (unpaired) electrons. The monoisotopic (exact) mass is 343 g/mol. The third kappa shape index (κ3) is 4.33. The molecule has 5 nitrogen and oxygen atoms in total. The van der Waals surface area contributed by atoms with Crippen LogP contribution < -0.4 is 5.32 Å². The molecule has 0 aromatic carbocycles. The molecule has 0 atom stereocenters. The molecular weight excluding hydrogens is 318 g/mol. The zero-order chi connectivity index (χ0) is 16.8. The second kappa shape index (κ2) is 8.26. The molecule has 1 aliphatic rings. The molecule has 0 aliphatic carbocycles. The zero-order valence-corrected chi connectivity index (χ0v) is 15.2. The molecule has 0 unspecified atom stereocenters. The molecule has 3 heterocycles. The normalized spacial score (nSPS) is 16.4. The summed E-state index contributed by atoms with van der Waals surface area (Å²) < 4.78 is 0. The van der Waals surface area contributed by atoms with E-state index in [4.69, 9.17) is 0 Å². The molecule has 0 amide bonds. The Hall–Kier alpha value is -1.92. The number of hydrogen-bond acceptors (Lipinski definition) is 4. The molecule has 0 bridgehead atoms. The number of thiophene rings is 1. The van der Waals surface area contributed by atoms with E-state index in [1.54, 1.807) is 0 Å². The third-order valence-electron chi connectivity index (χ3n) is 4.37. The average molecular weight is 344 g/mol. The van der Waals surface area contributed by atoms with Gasteiger partial charge >= 0.3 is 0 Å². The highest BCUT2D eigenvalue weighted by Crippen LogP contribution is 2.13. The van der Waals surface area contributed by atoms with Crippen LogP contribution in [0.1, 0.15) is 16.1 Å². The van der Waals surface area contributed by atoms with E-state index in [1.165, 1.54) is 10.4 Å². The SMILES string of the molecule is CN=C(NCc1ncccc1C)N1CCN(Cc2cccs2)CC1. The number of pyridine rings is 1. The first-order valence-electron chi connectivity index (χ1n) is 8.37. The van der Waals surface area contributed by atoms with Crippen molar-refractivity contribution in [1.82, 2.24) is 20.1 Å². The van der Waals surface area contributed by atoms with Crippen molar-refractivity contribution >= 4 is 17.3 Å². The fraction of sp³-hybridized carbons (Fsp3) is 0.444. The van der Waals surface area contributed by atoms with E-state index >= 15 is 0 Å². The first kappa shape index (κ1) is 16.9. The molecular formula is C18H25N5S. The number of nitrogens with one attached hydrogen (secondary N) is 1. The van der Waals surface area contributed by atoms with Gasteiger partial charge in [0, 0.05) is 50.8 Å². The van der Waals surface area contributed by atoms with Crippen LogP contribution in [-0.4, -0.2) is 54.0 Å². The molecule has 1 fully saturated rings. The third-order valence-corrected chi connectivity index (χ3v) is 5.24. The van der Waals surface area contributed by atoms with Crippen LogP contribution in [0.5, 0.6) is 0 Å². The topological polar surface area (TPSA) is 43.8 Å². The van der Waals surface area contributed by atoms with Crippen molar-refractivity contribution in [2.45, 2.75) is 20.0 Å². The fourth-order valence-corrected chi connectivity index (χ4v) is 3.69. The Bertz CT molecular complexity index is 660. The predicted octanol–water partition coefficient (Wildman–Crippen LogP) is 2.34. The number of guanidine groups is 1. The quantitative estimate of drug-likeness (QED) is 0.684. The minimum Gasteiger partial charge on any atom is -0.351 e. The molecule has 1 saturated heterocycles. The van der Waals surface area contributed by atoms with Gasteiger partial charge in [-0.1, -0.05) is 12.1 Å². The minimum absolute atomic E-state index is 0.717. The van der Waals surface area contributed by atoms with E-state index in [9.17, 15) is 0 Å². The molecule has 2 aromatic rings. The van der Waals surface area contributed by atoms with Crippen LogP contribution in [0.25, 0.3) is 0 Å². The first-order chi connectivity index (χ1) is 11.8. The number of hydrogen-bond donors (Lipinski definition) is 1. The summed E-state index contributed by atoms with van der Waals surface area (Å²) in [5, 5.41) is 5.60. The summed E-state index contributed by atoms with van der Waals surface area (Å²) in [4.78, 5) is 15.2.